The predicted octanol–water partition coefficient (Wildman–Crippen LogP) is 3.62. The molecule has 0 aromatic rings. The van der Waals surface area contributed by atoms with Gasteiger partial charge in [0.25, 0.3) is 0 Å². The van der Waals surface area contributed by atoms with Crippen LogP contribution in [-0.4, -0.2) is 22.1 Å². The van der Waals surface area contributed by atoms with Gasteiger partial charge >= 0.3 is 0 Å². The van der Waals surface area contributed by atoms with Crippen molar-refractivity contribution in [3.05, 3.63) is 0 Å². The summed E-state index contributed by atoms with van der Waals surface area (Å²) in [5.41, 5.74) is 0. The van der Waals surface area contributed by atoms with Crippen LogP contribution in [0.3, 0.4) is 0 Å². The van der Waals surface area contributed by atoms with Gasteiger partial charge in [-0.2, -0.15) is 0 Å². The van der Waals surface area contributed by atoms with Crippen molar-refractivity contribution in [1.82, 2.24) is 0 Å². The molecule has 16 heavy (non-hydrogen) atoms. The zero-order valence-corrected chi connectivity index (χ0v) is 11.7. The molecule has 0 bridgehead atoms. The molecular weight excluding hydrogens is 220 g/mol. The first kappa shape index (κ1) is 16.0. The highest BCUT2D eigenvalue weighted by Gasteiger charge is 2.21. The van der Waals surface area contributed by atoms with E-state index in [1.54, 1.807) is 0 Å². The molecule has 96 valence electrons. The van der Waals surface area contributed by atoms with Crippen LogP contribution >= 0.6 is 11.8 Å². The monoisotopic (exact) mass is 246 g/mol. The zero-order chi connectivity index (χ0) is 12.4. The van der Waals surface area contributed by atoms with Crippen LogP contribution in [0.2, 0.25) is 0 Å². The summed E-state index contributed by atoms with van der Waals surface area (Å²) in [6.07, 6.45) is 6.28. The van der Waals surface area contributed by atoms with Crippen LogP contribution < -0.4 is 0 Å². The van der Waals surface area contributed by atoms with Crippen LogP contribution in [0.15, 0.2) is 0 Å². The molecule has 2 nitrogen and oxygen atoms in total. The Morgan fingerprint density at radius 2 is 1.81 bits per heavy atom. The molecule has 0 heterocycles. The molecule has 1 N–H and O–H groups in total. The van der Waals surface area contributed by atoms with E-state index >= 15 is 0 Å². The van der Waals surface area contributed by atoms with Gasteiger partial charge in [-0.15, -0.1) is 0 Å². The number of thioether (sulfide) groups is 1. The van der Waals surface area contributed by atoms with Gasteiger partial charge in [-0.25, -0.2) is 0 Å². The third kappa shape index (κ3) is 7.29. The molecule has 0 aliphatic carbocycles. The van der Waals surface area contributed by atoms with E-state index in [1.807, 2.05) is 13.8 Å². The van der Waals surface area contributed by atoms with E-state index in [-0.39, 0.29) is 11.0 Å². The highest BCUT2D eigenvalue weighted by Crippen LogP contribution is 2.18. The Hall–Kier alpha value is -0.0200. The lowest BCUT2D eigenvalue weighted by Gasteiger charge is -2.16. The molecule has 0 aliphatic rings. The Morgan fingerprint density at radius 1 is 1.19 bits per heavy atom. The van der Waals surface area contributed by atoms with Gasteiger partial charge in [-0.1, -0.05) is 64.6 Å². The first-order valence-electron chi connectivity index (χ1n) is 6.48. The lowest BCUT2D eigenvalue weighted by molar-refractivity contribution is -0.117. The van der Waals surface area contributed by atoms with Crippen LogP contribution in [0.5, 0.6) is 0 Å². The van der Waals surface area contributed by atoms with E-state index in [4.69, 9.17) is 0 Å². The summed E-state index contributed by atoms with van der Waals surface area (Å²) in [6.45, 7) is 5.99. The highest BCUT2D eigenvalue weighted by atomic mass is 32.2. The fourth-order valence-electron chi connectivity index (χ4n) is 1.64. The third-order valence-electron chi connectivity index (χ3n) is 2.84. The van der Waals surface area contributed by atoms with Gasteiger partial charge in [0.2, 0.25) is 0 Å². The Bertz CT molecular complexity index is 183. The second-order valence-electron chi connectivity index (χ2n) is 4.31. The van der Waals surface area contributed by atoms with Crippen LogP contribution in [0.1, 0.15) is 59.3 Å². The number of aliphatic hydroxyl groups is 1. The molecule has 2 atom stereocenters. The summed E-state index contributed by atoms with van der Waals surface area (Å²) in [5.74, 6) is 0.586. The molecule has 0 spiro atoms. The Labute approximate surface area is 104 Å². The van der Waals surface area contributed by atoms with Crippen LogP contribution in [0.25, 0.3) is 0 Å². The van der Waals surface area contributed by atoms with Gasteiger partial charge in [0.1, 0.15) is 0 Å². The molecule has 0 saturated carbocycles. The second-order valence-corrected chi connectivity index (χ2v) is 5.58. The van der Waals surface area contributed by atoms with E-state index in [0.717, 1.165) is 18.6 Å². The summed E-state index contributed by atoms with van der Waals surface area (Å²) in [6, 6.07) is 0. The SMILES string of the molecule is CCCCCCC[C@@H](O)[C@@H](C)C(=O)SCC. The number of rotatable bonds is 9. The van der Waals surface area contributed by atoms with E-state index in [1.165, 1.54) is 37.4 Å². The largest absolute Gasteiger partial charge is 0.392 e. The van der Waals surface area contributed by atoms with Crippen molar-refractivity contribution in [3.63, 3.8) is 0 Å². The molecule has 0 amide bonds. The number of hydrogen-bond acceptors (Lipinski definition) is 3. The van der Waals surface area contributed by atoms with Crippen molar-refractivity contribution < 1.29 is 9.90 Å². The number of hydrogen-bond donors (Lipinski definition) is 1. The quantitative estimate of drug-likeness (QED) is 0.631. The Kier molecular flexibility index (Phi) is 10.1. The predicted molar refractivity (Wildman–Crippen MR) is 71.7 cm³/mol. The smallest absolute Gasteiger partial charge is 0.194 e. The molecule has 0 rings (SSSR count). The summed E-state index contributed by atoms with van der Waals surface area (Å²) < 4.78 is 0. The van der Waals surface area contributed by atoms with Gasteiger partial charge in [-0.05, 0) is 12.2 Å². The second kappa shape index (κ2) is 10.2. The third-order valence-corrected chi connectivity index (χ3v) is 3.78. The maximum absolute atomic E-state index is 11.5. The zero-order valence-electron chi connectivity index (χ0n) is 10.9. The fraction of sp³-hybridized carbons (Fsp3) is 0.923. The van der Waals surface area contributed by atoms with E-state index < -0.39 is 6.10 Å². The molecule has 0 aromatic carbocycles. The van der Waals surface area contributed by atoms with Crippen LogP contribution in [0.4, 0.5) is 0 Å². The van der Waals surface area contributed by atoms with Crippen molar-refractivity contribution >= 4 is 16.9 Å². The van der Waals surface area contributed by atoms with Gasteiger partial charge in [0.05, 0.1) is 12.0 Å². The standard InChI is InChI=1S/C13H26O2S/c1-4-6-7-8-9-10-12(14)11(3)13(15)16-5-2/h11-12,14H,4-10H2,1-3H3/t11-,12-/m1/s1. The van der Waals surface area contributed by atoms with Gasteiger partial charge < -0.3 is 5.11 Å². The Morgan fingerprint density at radius 3 is 2.38 bits per heavy atom. The van der Waals surface area contributed by atoms with Crippen LogP contribution in [0, 0.1) is 5.92 Å². The normalized spacial score (nSPS) is 14.8. The maximum atomic E-state index is 11.5. The summed E-state index contributed by atoms with van der Waals surface area (Å²) in [4.78, 5) is 11.5. The van der Waals surface area contributed by atoms with Gasteiger partial charge in [-0.3, -0.25) is 4.79 Å². The van der Waals surface area contributed by atoms with Crippen molar-refractivity contribution in [2.45, 2.75) is 65.4 Å². The number of carbonyl (C=O) groups is 1. The summed E-state index contributed by atoms with van der Waals surface area (Å²) in [5, 5.41) is 9.97. The summed E-state index contributed by atoms with van der Waals surface area (Å²) in [7, 11) is 0. The van der Waals surface area contributed by atoms with Crippen molar-refractivity contribution in [3.8, 4) is 0 Å². The fourth-order valence-corrected chi connectivity index (χ4v) is 2.34. The Balaban J connectivity index is 3.62. The van der Waals surface area contributed by atoms with Crippen molar-refractivity contribution in [2.75, 3.05) is 5.75 Å². The molecule has 0 aromatic heterocycles. The van der Waals surface area contributed by atoms with E-state index in [0.29, 0.717) is 0 Å². The number of unbranched alkanes of at least 4 members (excludes halogenated alkanes) is 4. The number of carbonyl (C=O) groups excluding carboxylic acids is 1. The molecule has 0 radical (unpaired) electrons. The maximum Gasteiger partial charge on any atom is 0.194 e. The molecule has 0 saturated heterocycles. The molecule has 0 fully saturated rings. The van der Waals surface area contributed by atoms with Gasteiger partial charge in [0, 0.05) is 0 Å². The van der Waals surface area contributed by atoms with Gasteiger partial charge in [0.15, 0.2) is 5.12 Å². The molecular formula is C13H26O2S. The van der Waals surface area contributed by atoms with E-state index in [9.17, 15) is 9.90 Å². The van der Waals surface area contributed by atoms with Crippen molar-refractivity contribution in [1.29, 1.82) is 0 Å². The minimum absolute atomic E-state index is 0.128. The summed E-state index contributed by atoms with van der Waals surface area (Å²) >= 11 is 1.32. The molecule has 0 unspecified atom stereocenters. The first-order chi connectivity index (χ1) is 7.63. The van der Waals surface area contributed by atoms with Crippen molar-refractivity contribution in [2.24, 2.45) is 5.92 Å². The average Bonchev–Trinajstić information content (AvgIpc) is 2.27. The molecule has 3 heteroatoms. The highest BCUT2D eigenvalue weighted by molar-refractivity contribution is 8.13. The van der Waals surface area contributed by atoms with Crippen LogP contribution in [-0.2, 0) is 4.79 Å². The van der Waals surface area contributed by atoms with E-state index in [2.05, 4.69) is 6.92 Å². The topological polar surface area (TPSA) is 37.3 Å². The lowest BCUT2D eigenvalue weighted by atomic mass is 10.00. The minimum Gasteiger partial charge on any atom is -0.392 e. The molecule has 0 aliphatic heterocycles. The average molecular weight is 246 g/mol. The first-order valence-corrected chi connectivity index (χ1v) is 7.46. The number of aliphatic hydroxyl groups excluding tert-OH is 1. The minimum atomic E-state index is -0.451. The lowest BCUT2D eigenvalue weighted by Crippen LogP contribution is -2.23.